The Bertz CT molecular complexity index is 476. The highest BCUT2D eigenvalue weighted by atomic mass is 16.3. The van der Waals surface area contributed by atoms with Crippen molar-refractivity contribution in [2.75, 3.05) is 6.61 Å². The van der Waals surface area contributed by atoms with E-state index < -0.39 is 0 Å². The second-order valence-corrected chi connectivity index (χ2v) is 4.76. The van der Waals surface area contributed by atoms with Gasteiger partial charge in [0.2, 0.25) is 0 Å². The molecule has 2 aromatic rings. The molecule has 1 heterocycles. The molecule has 3 N–H and O–H groups in total. The average Bonchev–Trinajstić information content (AvgIpc) is 2.71. The summed E-state index contributed by atoms with van der Waals surface area (Å²) in [7, 11) is 0. The van der Waals surface area contributed by atoms with Crippen LogP contribution in [0.2, 0.25) is 0 Å². The van der Waals surface area contributed by atoms with Gasteiger partial charge in [0, 0.05) is 29.2 Å². The monoisotopic (exact) mass is 232 g/mol. The molecular weight excluding hydrogens is 212 g/mol. The summed E-state index contributed by atoms with van der Waals surface area (Å²) in [5, 5.41) is 14.0. The number of aliphatic hydroxyl groups excluding tert-OH is 1. The Balaban J connectivity index is 2.16. The van der Waals surface area contributed by atoms with E-state index in [1.165, 1.54) is 10.9 Å². The van der Waals surface area contributed by atoms with Crippen molar-refractivity contribution in [3.63, 3.8) is 0 Å². The van der Waals surface area contributed by atoms with Crippen LogP contribution in [0.25, 0.3) is 10.9 Å². The maximum atomic E-state index is 9.37. The summed E-state index contributed by atoms with van der Waals surface area (Å²) in [5.41, 5.74) is 2.41. The molecule has 0 bridgehead atoms. The van der Waals surface area contributed by atoms with Crippen molar-refractivity contribution < 1.29 is 5.11 Å². The maximum absolute atomic E-state index is 9.37. The predicted octanol–water partition coefficient (Wildman–Crippen LogP) is 2.07. The molecule has 0 amide bonds. The third-order valence-electron chi connectivity index (χ3n) is 2.93. The highest BCUT2D eigenvalue weighted by molar-refractivity contribution is 5.83. The summed E-state index contributed by atoms with van der Waals surface area (Å²) in [6, 6.07) is 8.77. The highest BCUT2D eigenvalue weighted by Crippen LogP contribution is 2.19. The third-order valence-corrected chi connectivity index (χ3v) is 2.93. The van der Waals surface area contributed by atoms with Gasteiger partial charge in [0.15, 0.2) is 0 Å². The molecule has 0 aliphatic carbocycles. The molecule has 0 unspecified atom stereocenters. The van der Waals surface area contributed by atoms with Gasteiger partial charge in [0.1, 0.15) is 0 Å². The van der Waals surface area contributed by atoms with Crippen molar-refractivity contribution in [2.24, 2.45) is 0 Å². The maximum Gasteiger partial charge on any atom is 0.0587 e. The van der Waals surface area contributed by atoms with Crippen LogP contribution in [0.15, 0.2) is 30.5 Å². The Morgan fingerprint density at radius 2 is 2.06 bits per heavy atom. The van der Waals surface area contributed by atoms with E-state index >= 15 is 0 Å². The summed E-state index contributed by atoms with van der Waals surface area (Å²) >= 11 is 0. The van der Waals surface area contributed by atoms with Crippen LogP contribution < -0.4 is 5.32 Å². The first kappa shape index (κ1) is 12.1. The second kappa shape index (κ2) is 5.34. The number of aromatic amines is 1. The van der Waals surface area contributed by atoms with E-state index in [2.05, 4.69) is 36.3 Å². The fourth-order valence-electron chi connectivity index (χ4n) is 2.21. The minimum atomic E-state index is 0.120. The molecule has 0 saturated carbocycles. The number of aliphatic hydroxyl groups is 1. The van der Waals surface area contributed by atoms with E-state index in [9.17, 15) is 5.11 Å². The molecule has 0 aliphatic rings. The van der Waals surface area contributed by atoms with Crippen LogP contribution in [0, 0.1) is 0 Å². The van der Waals surface area contributed by atoms with Gasteiger partial charge in [-0.3, -0.25) is 0 Å². The standard InChI is InChI=1S/C14H20N2O/c1-10(2)16-12(9-17)7-11-8-15-14-6-4-3-5-13(11)14/h3-6,8,10,12,15-17H,7,9H2,1-2H3/t12-/m0/s1. The van der Waals surface area contributed by atoms with E-state index in [4.69, 9.17) is 0 Å². The van der Waals surface area contributed by atoms with Crippen LogP contribution in [-0.2, 0) is 6.42 Å². The average molecular weight is 232 g/mol. The molecule has 2 rings (SSSR count). The van der Waals surface area contributed by atoms with Gasteiger partial charge in [-0.1, -0.05) is 32.0 Å². The van der Waals surface area contributed by atoms with Crippen molar-refractivity contribution in [3.8, 4) is 0 Å². The molecule has 1 aromatic carbocycles. The van der Waals surface area contributed by atoms with Gasteiger partial charge in [-0.2, -0.15) is 0 Å². The topological polar surface area (TPSA) is 48.0 Å². The van der Waals surface area contributed by atoms with Crippen molar-refractivity contribution in [2.45, 2.75) is 32.4 Å². The number of H-pyrrole nitrogens is 1. The first-order valence-corrected chi connectivity index (χ1v) is 6.12. The van der Waals surface area contributed by atoms with E-state index in [1.807, 2.05) is 18.3 Å². The van der Waals surface area contributed by atoms with Crippen molar-refractivity contribution >= 4 is 10.9 Å². The number of hydrogen-bond donors (Lipinski definition) is 3. The molecule has 3 nitrogen and oxygen atoms in total. The molecule has 0 radical (unpaired) electrons. The van der Waals surface area contributed by atoms with Crippen LogP contribution in [-0.4, -0.2) is 28.8 Å². The summed E-state index contributed by atoms with van der Waals surface area (Å²) in [5.74, 6) is 0. The van der Waals surface area contributed by atoms with Crippen LogP contribution in [0.3, 0.4) is 0 Å². The number of hydrogen-bond acceptors (Lipinski definition) is 2. The van der Waals surface area contributed by atoms with Gasteiger partial charge in [-0.15, -0.1) is 0 Å². The number of benzene rings is 1. The lowest BCUT2D eigenvalue weighted by Crippen LogP contribution is -2.39. The Labute approximate surface area is 102 Å². The first-order valence-electron chi connectivity index (χ1n) is 6.12. The minimum absolute atomic E-state index is 0.120. The number of rotatable bonds is 5. The van der Waals surface area contributed by atoms with Crippen LogP contribution in [0.1, 0.15) is 19.4 Å². The van der Waals surface area contributed by atoms with Crippen molar-refractivity contribution in [1.82, 2.24) is 10.3 Å². The molecule has 1 aromatic heterocycles. The Hall–Kier alpha value is -1.32. The largest absolute Gasteiger partial charge is 0.395 e. The zero-order valence-electron chi connectivity index (χ0n) is 10.4. The van der Waals surface area contributed by atoms with Crippen molar-refractivity contribution in [3.05, 3.63) is 36.0 Å². The first-order chi connectivity index (χ1) is 8.20. The molecule has 17 heavy (non-hydrogen) atoms. The fourth-order valence-corrected chi connectivity index (χ4v) is 2.21. The SMILES string of the molecule is CC(C)N[C@H](CO)Cc1c[nH]c2ccccc12. The zero-order valence-corrected chi connectivity index (χ0v) is 10.4. The van der Waals surface area contributed by atoms with E-state index in [-0.39, 0.29) is 12.6 Å². The molecule has 92 valence electrons. The molecule has 0 spiro atoms. The number of para-hydroxylation sites is 1. The summed E-state index contributed by atoms with van der Waals surface area (Å²) in [4.78, 5) is 3.26. The van der Waals surface area contributed by atoms with Crippen LogP contribution in [0.5, 0.6) is 0 Å². The molecule has 3 heteroatoms. The van der Waals surface area contributed by atoms with E-state index in [1.54, 1.807) is 0 Å². The minimum Gasteiger partial charge on any atom is -0.395 e. The molecule has 0 aliphatic heterocycles. The molecule has 0 fully saturated rings. The lowest BCUT2D eigenvalue weighted by atomic mass is 10.0. The van der Waals surface area contributed by atoms with Gasteiger partial charge in [-0.05, 0) is 18.1 Å². The lowest BCUT2D eigenvalue weighted by Gasteiger charge is -2.18. The van der Waals surface area contributed by atoms with E-state index in [0.717, 1.165) is 11.9 Å². The molecule has 0 saturated heterocycles. The number of fused-ring (bicyclic) bond motifs is 1. The highest BCUT2D eigenvalue weighted by Gasteiger charge is 2.12. The van der Waals surface area contributed by atoms with Gasteiger partial charge < -0.3 is 15.4 Å². The number of nitrogens with one attached hydrogen (secondary N) is 2. The predicted molar refractivity (Wildman–Crippen MR) is 71.1 cm³/mol. The van der Waals surface area contributed by atoms with E-state index in [0.29, 0.717) is 6.04 Å². The summed E-state index contributed by atoms with van der Waals surface area (Å²) < 4.78 is 0. The quantitative estimate of drug-likeness (QED) is 0.739. The normalized spacial score (nSPS) is 13.4. The van der Waals surface area contributed by atoms with Gasteiger partial charge in [0.25, 0.3) is 0 Å². The Morgan fingerprint density at radius 3 is 2.76 bits per heavy atom. The fraction of sp³-hybridized carbons (Fsp3) is 0.429. The van der Waals surface area contributed by atoms with Crippen molar-refractivity contribution in [1.29, 1.82) is 0 Å². The third kappa shape index (κ3) is 2.87. The van der Waals surface area contributed by atoms with Crippen LogP contribution in [0.4, 0.5) is 0 Å². The van der Waals surface area contributed by atoms with Gasteiger partial charge in [-0.25, -0.2) is 0 Å². The van der Waals surface area contributed by atoms with Crippen LogP contribution >= 0.6 is 0 Å². The second-order valence-electron chi connectivity index (χ2n) is 4.76. The summed E-state index contributed by atoms with van der Waals surface area (Å²) in [6.07, 6.45) is 2.88. The molecule has 1 atom stereocenters. The lowest BCUT2D eigenvalue weighted by molar-refractivity contribution is 0.235. The Morgan fingerprint density at radius 1 is 1.29 bits per heavy atom. The zero-order chi connectivity index (χ0) is 12.3. The van der Waals surface area contributed by atoms with Gasteiger partial charge in [0.05, 0.1) is 6.61 Å². The summed E-state index contributed by atoms with van der Waals surface area (Å²) in [6.45, 7) is 4.35. The Kier molecular flexibility index (Phi) is 3.82. The molecular formula is C14H20N2O. The number of aromatic nitrogens is 1. The smallest absolute Gasteiger partial charge is 0.0587 e. The van der Waals surface area contributed by atoms with Gasteiger partial charge >= 0.3 is 0 Å².